The Morgan fingerprint density at radius 1 is 0.393 bits per heavy atom. The van der Waals surface area contributed by atoms with Crippen molar-refractivity contribution in [2.24, 2.45) is 0 Å². The molecule has 0 aliphatic carbocycles. The van der Waals surface area contributed by atoms with Crippen LogP contribution in [0, 0.1) is 0 Å². The first kappa shape index (κ1) is 60.8. The second kappa shape index (κ2) is 21.2. The minimum atomic E-state index is -8.91. The molecule has 0 spiro atoms. The average Bonchev–Trinajstić information content (AvgIpc) is 2.83. The van der Waals surface area contributed by atoms with Gasteiger partial charge in [-0.1, -0.05) is 0 Å². The summed E-state index contributed by atoms with van der Waals surface area (Å²) in [6.45, 7) is 0. The molecule has 1 heterocycles. The third kappa shape index (κ3) is 26.8. The number of hydrogen-bond donors (Lipinski definition) is 2. The molecule has 0 aliphatic heterocycles. The van der Waals surface area contributed by atoms with Gasteiger partial charge in [-0.25, -0.2) is 0 Å². The van der Waals surface area contributed by atoms with Gasteiger partial charge in [-0.05, 0) is 0 Å². The third-order valence-corrected chi connectivity index (χ3v) is 64.4. The molecule has 61 heavy (non-hydrogen) atoms. The standard InChI is InChI=1S/C6H5NO2.12Mo.H3O4P.2H2O.33O/c8-6(9)5-1-3-7-4-2-5;;;;;;;;;;;;;1-5(2,3)4;;;;;;;;;;;;;;;;;;;;;;;;;;;;;;;;;;;/h1-4H,(H,8,9);;;;;;;;;;;;;(H3,1,2,3,4);2*1H2;;;;;;;;;;;;;;;;;;;;;;;;;;;;;;;;;/q;;;;;;;6*+1;;;;;;;;;;;;;;;;;;;;;;;;;;;;;;;;;;;;/p-6. The van der Waals surface area contributed by atoms with Crippen molar-refractivity contribution in [1.29, 1.82) is 0 Å². The van der Waals surface area contributed by atoms with Crippen LogP contribution in [0.1, 0.15) is 10.4 Å². The van der Waals surface area contributed by atoms with Crippen molar-refractivity contribution in [2.75, 3.05) is 0 Å². The Balaban J connectivity index is 3.62. The molecular formula is C6H6Mo12NO41P. The molecule has 0 amide bonds. The number of aromatic nitrogens is 1. The zero-order chi connectivity index (χ0) is 48.4. The molecule has 0 unspecified atom stereocenters. The first-order chi connectivity index (χ1) is 26.5. The summed E-state index contributed by atoms with van der Waals surface area (Å²) >= 11 is -98.5. The van der Waals surface area contributed by atoms with Crippen LogP contribution in [0.5, 0.6) is 0 Å². The predicted octanol–water partition coefficient (Wildman–Crippen LogP) is -3.37. The van der Waals surface area contributed by atoms with Crippen molar-refractivity contribution < 1.29 is 331 Å². The van der Waals surface area contributed by atoms with Crippen molar-refractivity contribution >= 4 is 13.8 Å². The van der Waals surface area contributed by atoms with Gasteiger partial charge in [-0.3, -0.25) is 0 Å². The van der Waals surface area contributed by atoms with Crippen LogP contribution in [-0.2, 0) is 318 Å². The predicted molar refractivity (Wildman–Crippen MR) is 71.2 cm³/mol. The van der Waals surface area contributed by atoms with Crippen molar-refractivity contribution in [2.45, 2.75) is 0 Å². The maximum atomic E-state index is 13.0. The second-order valence-electron chi connectivity index (χ2n) is 7.83. The van der Waals surface area contributed by atoms with Crippen LogP contribution in [0.2, 0.25) is 0 Å². The Bertz CT molecular complexity index is 3170. The van der Waals surface area contributed by atoms with E-state index < -0.39 is 220 Å². The van der Waals surface area contributed by atoms with Gasteiger partial charge in [0.15, 0.2) is 0 Å². The molecule has 42 nitrogen and oxygen atoms in total. The van der Waals surface area contributed by atoms with E-state index >= 15 is 0 Å². The number of carbonyl (C=O) groups excluding carboxylic acids is 1. The summed E-state index contributed by atoms with van der Waals surface area (Å²) in [5.74, 6) is -1.92. The van der Waals surface area contributed by atoms with Crippen molar-refractivity contribution in [3.05, 3.63) is 30.1 Å². The minimum absolute atomic E-state index is 0.678. The Morgan fingerprint density at radius 2 is 0.623 bits per heavy atom. The van der Waals surface area contributed by atoms with E-state index in [9.17, 15) is 90.9 Å². The molecule has 55 heteroatoms. The maximum absolute atomic E-state index is 13.0. The molecule has 2 N–H and O–H groups in total. The molecule has 0 aromatic carbocycles. The topological polar surface area (TPSA) is 617 Å². The quantitative estimate of drug-likeness (QED) is 0.0675. The summed E-state index contributed by atoms with van der Waals surface area (Å²) in [6, 6.07) is 1.52. The van der Waals surface area contributed by atoms with Gasteiger partial charge in [-0.2, -0.15) is 0 Å². The molecule has 1 aromatic heterocycles. The fourth-order valence-electron chi connectivity index (χ4n) is 2.05. The van der Waals surface area contributed by atoms with E-state index in [0.717, 1.165) is 24.5 Å². The van der Waals surface area contributed by atoms with E-state index in [1.165, 1.54) is 0 Å². The Morgan fingerprint density at radius 3 is 0.885 bits per heavy atom. The van der Waals surface area contributed by atoms with Gasteiger partial charge < -0.3 is 0 Å². The molecule has 0 bridgehead atoms. The molecule has 0 atom stereocenters. The zero-order valence-corrected chi connectivity index (χ0v) is 50.9. The molecule has 0 radical (unpaired) electrons. The Labute approximate surface area is 372 Å². The molecule has 0 saturated carbocycles. The van der Waals surface area contributed by atoms with Crippen LogP contribution < -0.4 is 0 Å². The average molecular weight is 1930 g/mol. The summed E-state index contributed by atoms with van der Waals surface area (Å²) < 4.78 is 351. The first-order valence-corrected chi connectivity index (χ1v) is 52.1. The SMILES string of the molecule is O=C([O][Mo](=[O])(=[O])[O][Mo](=[O])(=[O])[O][Mo](=[O])(=[O])[O][Mo](=[O])(=[O])[O]P(=O)([O][Mo](=[O])(=[O])[O][Mo](=[O])(=[O])[O][Mo](=[O])(=[O])[O][Mo](=[O])(=[O])[OH])[O][Mo](=[O])(=[O])[O][Mo](=[O])(=[O])[O][Mo](=[O])(=[O])[O][Mo](=[O])(=[O])[OH])c1ccncc1. The first-order valence-electron chi connectivity index (χ1n) is 11.2. The molecule has 0 fully saturated rings. The van der Waals surface area contributed by atoms with Crippen LogP contribution in [0.15, 0.2) is 24.5 Å². The van der Waals surface area contributed by atoms with Gasteiger partial charge in [0.05, 0.1) is 0 Å². The fraction of sp³-hybridized carbons (Fsp3) is 0. The van der Waals surface area contributed by atoms with Gasteiger partial charge in [0.2, 0.25) is 0 Å². The monoisotopic (exact) mass is 1950 g/mol. The normalized spacial score (nSPS) is 14.9. The summed E-state index contributed by atoms with van der Waals surface area (Å²) in [6.07, 6.45) is 1.71. The van der Waals surface area contributed by atoms with Crippen molar-refractivity contribution in [1.82, 2.24) is 4.98 Å². The van der Waals surface area contributed by atoms with Crippen molar-refractivity contribution in [3.63, 3.8) is 0 Å². The Kier molecular flexibility index (Phi) is 21.1. The van der Waals surface area contributed by atoms with Gasteiger partial charge in [0.25, 0.3) is 0 Å². The van der Waals surface area contributed by atoms with E-state index in [2.05, 4.69) is 36.3 Å². The number of pyridine rings is 1. The molecule has 1 aromatic rings. The Hall–Kier alpha value is 1.75. The molecule has 1 rings (SSSR count). The fourth-order valence-corrected chi connectivity index (χ4v) is 62.1. The van der Waals surface area contributed by atoms with Gasteiger partial charge in [0.1, 0.15) is 0 Å². The van der Waals surface area contributed by atoms with E-state index in [-0.39, 0.29) is 0 Å². The number of hydrogen-bond acceptors (Lipinski definition) is 40. The van der Waals surface area contributed by atoms with Crippen LogP contribution in [0.25, 0.3) is 0 Å². The van der Waals surface area contributed by atoms with Gasteiger partial charge >= 0.3 is 380 Å². The van der Waals surface area contributed by atoms with Gasteiger partial charge in [0, 0.05) is 0 Å². The molecular weight excluding hydrogens is 1920 g/mol. The number of phosphoric acid groups is 1. The molecule has 0 saturated heterocycles. The third-order valence-electron chi connectivity index (χ3n) is 3.15. The van der Waals surface area contributed by atoms with Crippen molar-refractivity contribution in [3.8, 4) is 0 Å². The van der Waals surface area contributed by atoms with Gasteiger partial charge in [-0.15, -0.1) is 0 Å². The molecule has 358 valence electrons. The van der Waals surface area contributed by atoms with Crippen LogP contribution in [-0.4, -0.2) is 18.5 Å². The zero-order valence-electron chi connectivity index (χ0n) is 25.9. The van der Waals surface area contributed by atoms with E-state index in [1.54, 1.807) is 0 Å². The second-order valence-corrected chi connectivity index (χ2v) is 58.0. The number of nitrogens with zero attached hydrogens (tertiary/aromatic N) is 1. The van der Waals surface area contributed by atoms with E-state index in [0.29, 0.717) is 0 Å². The summed E-state index contributed by atoms with van der Waals surface area (Å²) in [5.41, 5.74) is -0.678. The van der Waals surface area contributed by atoms with Crippen LogP contribution in [0.3, 0.4) is 0 Å². The molecule has 0 aliphatic rings. The van der Waals surface area contributed by atoms with E-state index in [4.69, 9.17) is 7.52 Å². The summed E-state index contributed by atoms with van der Waals surface area (Å²) in [5, 5.41) is 0. The van der Waals surface area contributed by atoms with Crippen LogP contribution >= 0.6 is 7.82 Å². The number of rotatable bonds is 26. The summed E-state index contributed by atoms with van der Waals surface area (Å²) in [7, 11) is -7.98. The van der Waals surface area contributed by atoms with Crippen LogP contribution in [0.4, 0.5) is 0 Å². The number of carbonyl (C=O) groups is 1. The van der Waals surface area contributed by atoms with E-state index in [1.807, 2.05) is 0 Å². The summed E-state index contributed by atoms with van der Waals surface area (Å²) in [4.78, 5) is 15.2.